The highest BCUT2D eigenvalue weighted by atomic mass is 16.2. The van der Waals surface area contributed by atoms with Gasteiger partial charge in [0, 0.05) is 43.6 Å². The molecule has 1 fully saturated rings. The molecule has 0 atom stereocenters. The number of likely N-dealkylation sites (N-methyl/N-ethyl adjacent to an activating group) is 1. The molecule has 0 unspecified atom stereocenters. The Kier molecular flexibility index (Phi) is 5.86. The van der Waals surface area contributed by atoms with Crippen LogP contribution in [0.15, 0.2) is 36.5 Å². The Labute approximate surface area is 160 Å². The highest BCUT2D eigenvalue weighted by Gasteiger charge is 2.23. The van der Waals surface area contributed by atoms with Gasteiger partial charge in [0.05, 0.1) is 0 Å². The van der Waals surface area contributed by atoms with Crippen molar-refractivity contribution in [3.05, 3.63) is 58.9 Å². The van der Waals surface area contributed by atoms with E-state index in [-0.39, 0.29) is 11.8 Å². The molecule has 1 aromatic carbocycles. The molecular formula is C21H26N4O2. The average molecular weight is 366 g/mol. The number of nitrogens with zero attached hydrogens (tertiary/aromatic N) is 3. The van der Waals surface area contributed by atoms with Gasteiger partial charge in [-0.05, 0) is 55.8 Å². The van der Waals surface area contributed by atoms with Crippen molar-refractivity contribution in [2.24, 2.45) is 0 Å². The molecule has 1 N–H and O–H groups in total. The first-order valence-corrected chi connectivity index (χ1v) is 9.34. The third-order valence-electron chi connectivity index (χ3n) is 5.11. The van der Waals surface area contributed by atoms with E-state index in [0.29, 0.717) is 24.3 Å². The lowest BCUT2D eigenvalue weighted by Crippen LogP contribution is -2.48. The molecule has 1 aromatic heterocycles. The summed E-state index contributed by atoms with van der Waals surface area (Å²) in [5.41, 5.74) is 3.77. The lowest BCUT2D eigenvalue weighted by molar-refractivity contribution is 0.0637. The van der Waals surface area contributed by atoms with E-state index >= 15 is 0 Å². The third-order valence-corrected chi connectivity index (χ3v) is 5.11. The van der Waals surface area contributed by atoms with E-state index in [0.717, 1.165) is 30.9 Å². The van der Waals surface area contributed by atoms with Crippen LogP contribution < -0.4 is 5.32 Å². The highest BCUT2D eigenvalue weighted by Crippen LogP contribution is 2.16. The zero-order chi connectivity index (χ0) is 19.4. The van der Waals surface area contributed by atoms with Crippen LogP contribution in [0, 0.1) is 13.8 Å². The number of nitrogens with one attached hydrogen (secondary N) is 1. The molecule has 0 radical (unpaired) electrons. The first-order valence-electron chi connectivity index (χ1n) is 9.34. The fourth-order valence-corrected chi connectivity index (χ4v) is 3.14. The zero-order valence-corrected chi connectivity index (χ0v) is 16.2. The first kappa shape index (κ1) is 19.0. The second-order valence-electron chi connectivity index (χ2n) is 6.91. The Balaban J connectivity index is 1.70. The predicted molar refractivity (Wildman–Crippen MR) is 106 cm³/mol. The number of rotatable bonds is 4. The largest absolute Gasteiger partial charge is 0.335 e. The molecule has 0 spiro atoms. The lowest BCUT2D eigenvalue weighted by Gasteiger charge is -2.33. The van der Waals surface area contributed by atoms with E-state index in [9.17, 15) is 9.59 Å². The Morgan fingerprint density at radius 2 is 1.78 bits per heavy atom. The SMILES string of the molecule is CCN1CCN(C(=O)c2cc(C(=O)Nc3ccc(C)c(C)c3)ccn2)CC1. The quantitative estimate of drug-likeness (QED) is 0.904. The lowest BCUT2D eigenvalue weighted by atomic mass is 10.1. The number of aryl methyl sites for hydroxylation is 2. The minimum atomic E-state index is -0.245. The van der Waals surface area contributed by atoms with Gasteiger partial charge >= 0.3 is 0 Å². The molecule has 3 rings (SSSR count). The topological polar surface area (TPSA) is 65.5 Å². The molecule has 6 nitrogen and oxygen atoms in total. The van der Waals surface area contributed by atoms with Gasteiger partial charge in [-0.25, -0.2) is 0 Å². The number of piperazine rings is 1. The van der Waals surface area contributed by atoms with Crippen molar-refractivity contribution in [1.29, 1.82) is 0 Å². The van der Waals surface area contributed by atoms with Gasteiger partial charge in [-0.3, -0.25) is 14.6 Å². The van der Waals surface area contributed by atoms with Crippen molar-refractivity contribution in [3.8, 4) is 0 Å². The minimum absolute atomic E-state index is 0.119. The highest BCUT2D eigenvalue weighted by molar-refractivity contribution is 6.05. The Bertz CT molecular complexity index is 842. The molecule has 1 aliphatic rings. The summed E-state index contributed by atoms with van der Waals surface area (Å²) >= 11 is 0. The van der Waals surface area contributed by atoms with Crippen molar-refractivity contribution in [2.75, 3.05) is 38.0 Å². The van der Waals surface area contributed by atoms with Crippen LogP contribution in [-0.2, 0) is 0 Å². The summed E-state index contributed by atoms with van der Waals surface area (Å²) in [5.74, 6) is -0.364. The van der Waals surface area contributed by atoms with E-state index in [2.05, 4.69) is 22.1 Å². The molecular weight excluding hydrogens is 340 g/mol. The summed E-state index contributed by atoms with van der Waals surface area (Å²) in [7, 11) is 0. The van der Waals surface area contributed by atoms with Crippen LogP contribution in [0.5, 0.6) is 0 Å². The first-order chi connectivity index (χ1) is 13.0. The summed E-state index contributed by atoms with van der Waals surface area (Å²) in [5, 5.41) is 2.89. The smallest absolute Gasteiger partial charge is 0.272 e. The van der Waals surface area contributed by atoms with Crippen molar-refractivity contribution < 1.29 is 9.59 Å². The van der Waals surface area contributed by atoms with E-state index in [1.165, 1.54) is 11.8 Å². The van der Waals surface area contributed by atoms with Crippen molar-refractivity contribution in [3.63, 3.8) is 0 Å². The van der Waals surface area contributed by atoms with E-state index in [1.54, 1.807) is 17.0 Å². The number of carbonyl (C=O) groups excluding carboxylic acids is 2. The molecule has 1 aliphatic heterocycles. The summed E-state index contributed by atoms with van der Waals surface area (Å²) in [6, 6.07) is 8.99. The van der Waals surface area contributed by atoms with Crippen LogP contribution in [0.1, 0.15) is 38.9 Å². The molecule has 2 amide bonds. The monoisotopic (exact) mass is 366 g/mol. The second kappa shape index (κ2) is 8.31. The maximum atomic E-state index is 12.7. The van der Waals surface area contributed by atoms with Crippen molar-refractivity contribution in [1.82, 2.24) is 14.8 Å². The number of aromatic nitrogens is 1. The second-order valence-corrected chi connectivity index (χ2v) is 6.91. The van der Waals surface area contributed by atoms with Crippen LogP contribution >= 0.6 is 0 Å². The number of amides is 2. The number of hydrogen-bond donors (Lipinski definition) is 1. The maximum Gasteiger partial charge on any atom is 0.272 e. The predicted octanol–water partition coefficient (Wildman–Crippen LogP) is 2.73. The van der Waals surface area contributed by atoms with Crippen molar-refractivity contribution >= 4 is 17.5 Å². The molecule has 0 aliphatic carbocycles. The molecule has 0 saturated carbocycles. The summed E-state index contributed by atoms with van der Waals surface area (Å²) in [6.45, 7) is 10.3. The van der Waals surface area contributed by atoms with Gasteiger partial charge < -0.3 is 15.1 Å². The van der Waals surface area contributed by atoms with Gasteiger partial charge in [-0.15, -0.1) is 0 Å². The minimum Gasteiger partial charge on any atom is -0.335 e. The Hall–Kier alpha value is -2.73. The molecule has 2 heterocycles. The molecule has 1 saturated heterocycles. The molecule has 2 aromatic rings. The summed E-state index contributed by atoms with van der Waals surface area (Å²) < 4.78 is 0. The van der Waals surface area contributed by atoms with Gasteiger partial charge in [0.2, 0.25) is 0 Å². The van der Waals surface area contributed by atoms with E-state index < -0.39 is 0 Å². The fourth-order valence-electron chi connectivity index (χ4n) is 3.14. The molecule has 27 heavy (non-hydrogen) atoms. The van der Waals surface area contributed by atoms with Crippen LogP contribution in [0.4, 0.5) is 5.69 Å². The van der Waals surface area contributed by atoms with Crippen LogP contribution in [0.3, 0.4) is 0 Å². The average Bonchev–Trinajstić information content (AvgIpc) is 2.70. The summed E-state index contributed by atoms with van der Waals surface area (Å²) in [4.78, 5) is 33.6. The number of anilines is 1. The Morgan fingerprint density at radius 1 is 1.04 bits per heavy atom. The van der Waals surface area contributed by atoms with Gasteiger partial charge in [0.25, 0.3) is 11.8 Å². The number of benzene rings is 1. The van der Waals surface area contributed by atoms with E-state index in [4.69, 9.17) is 0 Å². The number of hydrogen-bond acceptors (Lipinski definition) is 4. The maximum absolute atomic E-state index is 12.7. The Morgan fingerprint density at radius 3 is 2.44 bits per heavy atom. The van der Waals surface area contributed by atoms with Gasteiger partial charge in [-0.2, -0.15) is 0 Å². The van der Waals surface area contributed by atoms with E-state index in [1.807, 2.05) is 32.0 Å². The van der Waals surface area contributed by atoms with Crippen LogP contribution in [0.2, 0.25) is 0 Å². The van der Waals surface area contributed by atoms with Crippen molar-refractivity contribution in [2.45, 2.75) is 20.8 Å². The zero-order valence-electron chi connectivity index (χ0n) is 16.2. The van der Waals surface area contributed by atoms with Crippen LogP contribution in [0.25, 0.3) is 0 Å². The normalized spacial score (nSPS) is 14.9. The number of carbonyl (C=O) groups is 2. The number of pyridine rings is 1. The standard InChI is InChI=1S/C21H26N4O2/c1-4-24-9-11-25(12-10-24)21(27)19-14-17(7-8-22-19)20(26)23-18-6-5-15(2)16(3)13-18/h5-8,13-14H,4,9-12H2,1-3H3,(H,23,26). The summed E-state index contributed by atoms with van der Waals surface area (Å²) in [6.07, 6.45) is 1.52. The van der Waals surface area contributed by atoms with Gasteiger partial charge in [-0.1, -0.05) is 13.0 Å². The fraction of sp³-hybridized carbons (Fsp3) is 0.381. The van der Waals surface area contributed by atoms with Gasteiger partial charge in [0.15, 0.2) is 0 Å². The van der Waals surface area contributed by atoms with Crippen LogP contribution in [-0.4, -0.2) is 59.3 Å². The molecule has 6 heteroatoms. The van der Waals surface area contributed by atoms with Gasteiger partial charge in [0.1, 0.15) is 5.69 Å². The molecule has 142 valence electrons. The third kappa shape index (κ3) is 4.52. The molecule has 0 bridgehead atoms.